The first-order chi connectivity index (χ1) is 9.87. The molecule has 112 valence electrons. The molecule has 1 aromatic heterocycles. The van der Waals surface area contributed by atoms with Gasteiger partial charge in [-0.25, -0.2) is 4.79 Å². The minimum atomic E-state index is -1.41. The fourth-order valence-corrected chi connectivity index (χ4v) is 2.51. The van der Waals surface area contributed by atoms with E-state index < -0.39 is 8.07 Å². The van der Waals surface area contributed by atoms with Crippen LogP contribution in [0.15, 0.2) is 30.5 Å². The number of hydrogen-bond acceptors (Lipinski definition) is 4. The van der Waals surface area contributed by atoms with Crippen molar-refractivity contribution in [1.82, 2.24) is 4.98 Å². The maximum absolute atomic E-state index is 11.7. The zero-order chi connectivity index (χ0) is 15.5. The van der Waals surface area contributed by atoms with Gasteiger partial charge in [0.15, 0.2) is 6.61 Å². The number of carbonyl (C=O) groups is 1. The first-order valence-electron chi connectivity index (χ1n) is 6.68. The predicted octanol–water partition coefficient (Wildman–Crippen LogP) is 3.69. The number of aromatic nitrogens is 1. The van der Waals surface area contributed by atoms with Gasteiger partial charge in [0.05, 0.1) is 19.3 Å². The van der Waals surface area contributed by atoms with Gasteiger partial charge < -0.3 is 9.47 Å². The first-order valence-corrected chi connectivity index (χ1v) is 10.8. The average Bonchev–Trinajstić information content (AvgIpc) is 2.44. The molecule has 0 amide bonds. The van der Waals surface area contributed by atoms with E-state index in [9.17, 15) is 4.79 Å². The number of halogens is 1. The topological polar surface area (TPSA) is 48.4 Å². The molecule has 1 aromatic carbocycles. The number of rotatable bonds is 5. The lowest BCUT2D eigenvalue weighted by Crippen LogP contribution is -2.31. The number of hydrogen-bond donors (Lipinski definition) is 0. The lowest BCUT2D eigenvalue weighted by Gasteiger charge is -2.16. The van der Waals surface area contributed by atoms with Crippen LogP contribution in [0, 0.1) is 0 Å². The highest BCUT2D eigenvalue weighted by Gasteiger charge is 2.17. The molecule has 0 bridgehead atoms. The molecule has 21 heavy (non-hydrogen) atoms. The van der Waals surface area contributed by atoms with E-state index in [0.717, 1.165) is 5.39 Å². The van der Waals surface area contributed by atoms with Gasteiger partial charge >= 0.3 is 5.97 Å². The fourth-order valence-electron chi connectivity index (χ4n) is 1.70. The highest BCUT2D eigenvalue weighted by molar-refractivity contribution is 6.76. The Labute approximate surface area is 130 Å². The minimum absolute atomic E-state index is 0.127. The number of esters is 1. The van der Waals surface area contributed by atoms with Gasteiger partial charge in [-0.1, -0.05) is 31.2 Å². The van der Waals surface area contributed by atoms with Gasteiger partial charge in [-0.15, -0.1) is 0 Å². The maximum atomic E-state index is 11.7. The number of fused-ring (bicyclic) bond motifs is 1. The molecule has 0 saturated heterocycles. The van der Waals surface area contributed by atoms with Gasteiger partial charge in [-0.2, -0.15) is 0 Å². The van der Waals surface area contributed by atoms with Crippen LogP contribution in [-0.2, 0) is 9.53 Å². The van der Waals surface area contributed by atoms with Crippen molar-refractivity contribution >= 4 is 36.5 Å². The van der Waals surface area contributed by atoms with Crippen molar-refractivity contribution < 1.29 is 14.3 Å². The van der Waals surface area contributed by atoms with Crippen LogP contribution >= 0.6 is 11.6 Å². The molecule has 6 heteroatoms. The van der Waals surface area contributed by atoms with Gasteiger partial charge in [-0.3, -0.25) is 4.98 Å². The van der Waals surface area contributed by atoms with Crippen LogP contribution in [0.3, 0.4) is 0 Å². The number of benzene rings is 1. The lowest BCUT2D eigenvalue weighted by molar-refractivity contribution is -0.144. The summed E-state index contributed by atoms with van der Waals surface area (Å²) in [6, 6.07) is 7.11. The zero-order valence-electron chi connectivity index (χ0n) is 12.4. The molecule has 0 saturated carbocycles. The molecule has 0 aliphatic carbocycles. The summed E-state index contributed by atoms with van der Waals surface area (Å²) in [5.41, 5.74) is 0.642. The predicted molar refractivity (Wildman–Crippen MR) is 86.6 cm³/mol. The molecule has 0 radical (unpaired) electrons. The molecule has 1 heterocycles. The Morgan fingerprint density at radius 3 is 2.76 bits per heavy atom. The second-order valence-electron chi connectivity index (χ2n) is 5.96. The van der Waals surface area contributed by atoms with Crippen molar-refractivity contribution in [2.24, 2.45) is 0 Å². The summed E-state index contributed by atoms with van der Waals surface area (Å²) in [4.78, 5) is 15.9. The van der Waals surface area contributed by atoms with Gasteiger partial charge in [0, 0.05) is 11.6 Å². The standard InChI is InChI=1S/C15H18ClNO3Si/c1-21(2,3)10-20-14(18)9-19-13-7-6-12(16)11-5-4-8-17-15(11)13/h4-8H,9-10H2,1-3H3. The SMILES string of the molecule is C[Si](C)(C)COC(=O)COc1ccc(Cl)c2cccnc12. The normalized spacial score (nSPS) is 11.4. The Hall–Kier alpha value is -1.59. The summed E-state index contributed by atoms with van der Waals surface area (Å²) in [7, 11) is -1.41. The molecular weight excluding hydrogens is 306 g/mol. The fraction of sp³-hybridized carbons (Fsp3) is 0.333. The summed E-state index contributed by atoms with van der Waals surface area (Å²) < 4.78 is 10.7. The van der Waals surface area contributed by atoms with Crippen molar-refractivity contribution in [2.45, 2.75) is 19.6 Å². The van der Waals surface area contributed by atoms with E-state index in [1.807, 2.05) is 6.07 Å². The molecule has 0 fully saturated rings. The lowest BCUT2D eigenvalue weighted by atomic mass is 10.2. The summed E-state index contributed by atoms with van der Waals surface area (Å²) >= 11 is 6.11. The largest absolute Gasteiger partial charge is 0.480 e. The molecule has 2 aromatic rings. The first kappa shape index (κ1) is 15.8. The molecule has 0 N–H and O–H groups in total. The monoisotopic (exact) mass is 323 g/mol. The molecule has 4 nitrogen and oxygen atoms in total. The molecule has 0 atom stereocenters. The molecule has 0 aliphatic rings. The van der Waals surface area contributed by atoms with Gasteiger partial charge in [0.1, 0.15) is 11.3 Å². The van der Waals surface area contributed by atoms with Crippen LogP contribution in [0.1, 0.15) is 0 Å². The third-order valence-electron chi connectivity index (χ3n) is 2.69. The Balaban J connectivity index is 2.04. The highest BCUT2D eigenvalue weighted by atomic mass is 35.5. The van der Waals surface area contributed by atoms with Crippen LogP contribution in [0.5, 0.6) is 5.75 Å². The number of pyridine rings is 1. The van der Waals surface area contributed by atoms with E-state index in [1.165, 1.54) is 0 Å². The average molecular weight is 324 g/mol. The summed E-state index contributed by atoms with van der Waals surface area (Å²) in [6.07, 6.45) is 2.16. The van der Waals surface area contributed by atoms with Crippen molar-refractivity contribution in [3.05, 3.63) is 35.5 Å². The van der Waals surface area contributed by atoms with Gasteiger partial charge in [0.2, 0.25) is 0 Å². The highest BCUT2D eigenvalue weighted by Crippen LogP contribution is 2.29. The maximum Gasteiger partial charge on any atom is 0.343 e. The molecule has 0 aliphatic heterocycles. The minimum Gasteiger partial charge on any atom is -0.480 e. The Kier molecular flexibility index (Phi) is 4.85. The Bertz CT molecular complexity index is 655. The Morgan fingerprint density at radius 2 is 2.05 bits per heavy atom. The van der Waals surface area contributed by atoms with E-state index >= 15 is 0 Å². The van der Waals surface area contributed by atoms with E-state index in [1.54, 1.807) is 24.4 Å². The summed E-state index contributed by atoms with van der Waals surface area (Å²) in [5, 5.41) is 1.40. The van der Waals surface area contributed by atoms with Crippen LogP contribution < -0.4 is 4.74 Å². The third-order valence-corrected chi connectivity index (χ3v) is 4.03. The van der Waals surface area contributed by atoms with E-state index in [-0.39, 0.29) is 12.6 Å². The number of nitrogens with zero attached hydrogens (tertiary/aromatic N) is 1. The van der Waals surface area contributed by atoms with Crippen molar-refractivity contribution in [3.8, 4) is 5.75 Å². The van der Waals surface area contributed by atoms with Crippen molar-refractivity contribution in [3.63, 3.8) is 0 Å². The molecule has 0 unspecified atom stereocenters. The zero-order valence-corrected chi connectivity index (χ0v) is 14.1. The Morgan fingerprint density at radius 1 is 1.29 bits per heavy atom. The van der Waals surface area contributed by atoms with Crippen LogP contribution in [0.25, 0.3) is 10.9 Å². The molecular formula is C15H18ClNO3Si. The smallest absolute Gasteiger partial charge is 0.343 e. The van der Waals surface area contributed by atoms with Gasteiger partial charge in [0.25, 0.3) is 0 Å². The quantitative estimate of drug-likeness (QED) is 0.622. The van der Waals surface area contributed by atoms with Crippen LogP contribution in [0.2, 0.25) is 24.7 Å². The number of ether oxygens (including phenoxy) is 2. The van der Waals surface area contributed by atoms with E-state index in [2.05, 4.69) is 24.6 Å². The van der Waals surface area contributed by atoms with E-state index in [0.29, 0.717) is 22.5 Å². The summed E-state index contributed by atoms with van der Waals surface area (Å²) in [6.45, 7) is 6.28. The summed E-state index contributed by atoms with van der Waals surface area (Å²) in [5.74, 6) is 0.163. The van der Waals surface area contributed by atoms with Crippen molar-refractivity contribution in [1.29, 1.82) is 0 Å². The second-order valence-corrected chi connectivity index (χ2v) is 11.8. The molecule has 2 rings (SSSR count). The van der Waals surface area contributed by atoms with Crippen LogP contribution in [0.4, 0.5) is 0 Å². The third kappa shape index (κ3) is 4.44. The van der Waals surface area contributed by atoms with Gasteiger partial charge in [-0.05, 0) is 24.3 Å². The van der Waals surface area contributed by atoms with E-state index in [4.69, 9.17) is 21.1 Å². The second kappa shape index (κ2) is 6.45. The van der Waals surface area contributed by atoms with Crippen molar-refractivity contribution in [2.75, 3.05) is 12.8 Å². The number of carbonyl (C=O) groups excluding carboxylic acids is 1. The molecule has 0 spiro atoms. The van der Waals surface area contributed by atoms with Crippen LogP contribution in [-0.4, -0.2) is 31.9 Å².